The Hall–Kier alpha value is -1.58. The van der Waals surface area contributed by atoms with Gasteiger partial charge >= 0.3 is 0 Å². The highest BCUT2D eigenvalue weighted by atomic mass is 127. The van der Waals surface area contributed by atoms with E-state index in [2.05, 4.69) is 53.7 Å². The summed E-state index contributed by atoms with van der Waals surface area (Å²) in [6.07, 6.45) is 8.96. The van der Waals surface area contributed by atoms with Crippen LogP contribution < -0.4 is 5.32 Å². The van der Waals surface area contributed by atoms with Gasteiger partial charge in [0.05, 0.1) is 24.6 Å². The van der Waals surface area contributed by atoms with Gasteiger partial charge in [0, 0.05) is 50.3 Å². The molecule has 0 spiro atoms. The maximum Gasteiger partial charge on any atom is 0.194 e. The summed E-state index contributed by atoms with van der Waals surface area (Å²) in [6, 6.07) is 0.427. The quantitative estimate of drug-likeness (QED) is 0.366. The lowest BCUT2D eigenvalue weighted by Gasteiger charge is -2.39. The number of halogens is 1. The van der Waals surface area contributed by atoms with E-state index in [1.807, 2.05) is 24.3 Å². The van der Waals surface area contributed by atoms with Crippen molar-refractivity contribution in [2.75, 3.05) is 19.6 Å². The van der Waals surface area contributed by atoms with Crippen LogP contribution in [0, 0.1) is 5.92 Å². The number of nitrogens with one attached hydrogen (secondary N) is 1. The van der Waals surface area contributed by atoms with Crippen LogP contribution in [0.2, 0.25) is 0 Å². The molecule has 2 aromatic rings. The highest BCUT2D eigenvalue weighted by Gasteiger charge is 2.29. The molecular formula is C21H36IN7. The van der Waals surface area contributed by atoms with Crippen molar-refractivity contribution < 1.29 is 0 Å². The lowest BCUT2D eigenvalue weighted by atomic mass is 9.93. The van der Waals surface area contributed by atoms with Crippen molar-refractivity contribution >= 4 is 29.9 Å². The van der Waals surface area contributed by atoms with Gasteiger partial charge in [-0.2, -0.15) is 5.10 Å². The second-order valence-electron chi connectivity index (χ2n) is 7.66. The first kappa shape index (κ1) is 23.7. The predicted octanol–water partition coefficient (Wildman–Crippen LogP) is 3.41. The SMILES string of the molecule is CCNC(=NCc1c(CC)nn(C)c1CC)N1CCC(C)C(n2ccnc2)C1.I. The summed E-state index contributed by atoms with van der Waals surface area (Å²) in [5.41, 5.74) is 3.75. The van der Waals surface area contributed by atoms with E-state index >= 15 is 0 Å². The number of hydrogen-bond donors (Lipinski definition) is 1. The Labute approximate surface area is 192 Å². The van der Waals surface area contributed by atoms with Crippen LogP contribution in [0.15, 0.2) is 23.7 Å². The molecule has 3 heterocycles. The number of imidazole rings is 1. The van der Waals surface area contributed by atoms with E-state index in [1.165, 1.54) is 17.0 Å². The molecule has 29 heavy (non-hydrogen) atoms. The van der Waals surface area contributed by atoms with Crippen molar-refractivity contribution in [1.82, 2.24) is 29.5 Å². The molecular weight excluding hydrogens is 477 g/mol. The number of aliphatic imine (C=N–C) groups is 1. The standard InChI is InChI=1S/C21H35N7.HI/c1-6-18-17(19(7-2)26(5)25-18)13-24-21(23-8-3)27-11-9-16(4)20(14-27)28-12-10-22-15-28;/h10,12,15-16,20H,6-9,11,13-14H2,1-5H3,(H,23,24);1H. The molecule has 2 atom stereocenters. The van der Waals surface area contributed by atoms with Crippen LogP contribution in [0.5, 0.6) is 0 Å². The van der Waals surface area contributed by atoms with Crippen LogP contribution in [0.4, 0.5) is 0 Å². The van der Waals surface area contributed by atoms with Crippen molar-refractivity contribution in [3.8, 4) is 0 Å². The van der Waals surface area contributed by atoms with Gasteiger partial charge in [-0.3, -0.25) is 4.68 Å². The van der Waals surface area contributed by atoms with E-state index < -0.39 is 0 Å². The molecule has 7 nitrogen and oxygen atoms in total. The summed E-state index contributed by atoms with van der Waals surface area (Å²) in [7, 11) is 2.04. The number of hydrogen-bond acceptors (Lipinski definition) is 3. The molecule has 1 aliphatic rings. The Morgan fingerprint density at radius 3 is 2.69 bits per heavy atom. The third kappa shape index (κ3) is 5.32. The van der Waals surface area contributed by atoms with E-state index in [-0.39, 0.29) is 24.0 Å². The second-order valence-corrected chi connectivity index (χ2v) is 7.66. The van der Waals surface area contributed by atoms with Gasteiger partial charge in [0.1, 0.15) is 0 Å². The fourth-order valence-electron chi connectivity index (χ4n) is 4.25. The van der Waals surface area contributed by atoms with Crippen LogP contribution in [0.25, 0.3) is 0 Å². The molecule has 1 aliphatic heterocycles. The van der Waals surface area contributed by atoms with Gasteiger partial charge in [0.2, 0.25) is 0 Å². The maximum atomic E-state index is 5.03. The summed E-state index contributed by atoms with van der Waals surface area (Å²) < 4.78 is 4.26. The summed E-state index contributed by atoms with van der Waals surface area (Å²) in [5, 5.41) is 8.20. The molecule has 8 heteroatoms. The van der Waals surface area contributed by atoms with Gasteiger partial charge in [-0.1, -0.05) is 20.8 Å². The van der Waals surface area contributed by atoms with Crippen LogP contribution in [0.3, 0.4) is 0 Å². The monoisotopic (exact) mass is 513 g/mol. The van der Waals surface area contributed by atoms with E-state index in [0.717, 1.165) is 44.9 Å². The Kier molecular flexibility index (Phi) is 8.98. The van der Waals surface area contributed by atoms with Crippen LogP contribution >= 0.6 is 24.0 Å². The molecule has 0 aliphatic carbocycles. The third-order valence-corrected chi connectivity index (χ3v) is 5.88. The zero-order valence-corrected chi connectivity index (χ0v) is 20.8. The summed E-state index contributed by atoms with van der Waals surface area (Å²) in [6.45, 7) is 12.4. The fourth-order valence-corrected chi connectivity index (χ4v) is 4.25. The predicted molar refractivity (Wildman–Crippen MR) is 129 cm³/mol. The van der Waals surface area contributed by atoms with Crippen molar-refractivity contribution in [2.45, 2.75) is 59.5 Å². The minimum atomic E-state index is 0. The van der Waals surface area contributed by atoms with Crippen LogP contribution in [-0.2, 0) is 26.4 Å². The maximum absolute atomic E-state index is 5.03. The summed E-state index contributed by atoms with van der Waals surface area (Å²) in [5.74, 6) is 1.64. The minimum Gasteiger partial charge on any atom is -0.357 e. The first-order chi connectivity index (χ1) is 13.6. The average Bonchev–Trinajstić information content (AvgIpc) is 3.33. The zero-order valence-electron chi connectivity index (χ0n) is 18.4. The van der Waals surface area contributed by atoms with Crippen molar-refractivity contribution in [3.63, 3.8) is 0 Å². The van der Waals surface area contributed by atoms with E-state index in [4.69, 9.17) is 10.1 Å². The van der Waals surface area contributed by atoms with Gasteiger partial charge in [0.15, 0.2) is 5.96 Å². The topological polar surface area (TPSA) is 63.3 Å². The number of piperidine rings is 1. The fraction of sp³-hybridized carbons (Fsp3) is 0.667. The second kappa shape index (κ2) is 11.0. The molecule has 0 amide bonds. The molecule has 0 radical (unpaired) electrons. The van der Waals surface area contributed by atoms with E-state index in [0.29, 0.717) is 18.5 Å². The zero-order chi connectivity index (χ0) is 20.1. The van der Waals surface area contributed by atoms with Crippen molar-refractivity contribution in [1.29, 1.82) is 0 Å². The van der Waals surface area contributed by atoms with Gasteiger partial charge in [-0.25, -0.2) is 9.98 Å². The van der Waals surface area contributed by atoms with Gasteiger partial charge in [-0.15, -0.1) is 24.0 Å². The number of likely N-dealkylation sites (tertiary alicyclic amines) is 1. The molecule has 3 rings (SSSR count). The Bertz CT molecular complexity index is 781. The van der Waals surface area contributed by atoms with Crippen molar-refractivity contribution in [3.05, 3.63) is 35.7 Å². The van der Waals surface area contributed by atoms with Crippen LogP contribution in [-0.4, -0.2) is 49.8 Å². The summed E-state index contributed by atoms with van der Waals surface area (Å²) in [4.78, 5) is 11.7. The Morgan fingerprint density at radius 2 is 2.07 bits per heavy atom. The molecule has 0 bridgehead atoms. The average molecular weight is 513 g/mol. The largest absolute Gasteiger partial charge is 0.357 e. The molecule has 1 fully saturated rings. The molecule has 2 unspecified atom stereocenters. The van der Waals surface area contributed by atoms with E-state index in [9.17, 15) is 0 Å². The molecule has 1 saturated heterocycles. The highest BCUT2D eigenvalue weighted by Crippen LogP contribution is 2.27. The highest BCUT2D eigenvalue weighted by molar-refractivity contribution is 14.0. The molecule has 0 saturated carbocycles. The van der Waals surface area contributed by atoms with Gasteiger partial charge in [0.25, 0.3) is 0 Å². The molecule has 0 aromatic carbocycles. The Morgan fingerprint density at radius 1 is 1.28 bits per heavy atom. The Balaban J connectivity index is 0.00000300. The van der Waals surface area contributed by atoms with E-state index in [1.54, 1.807) is 0 Å². The number of nitrogens with zero attached hydrogens (tertiary/aromatic N) is 6. The molecule has 2 aromatic heterocycles. The number of aromatic nitrogens is 4. The van der Waals surface area contributed by atoms with Gasteiger partial charge < -0.3 is 14.8 Å². The lowest BCUT2D eigenvalue weighted by molar-refractivity contribution is 0.189. The normalized spacial score (nSPS) is 19.9. The first-order valence-corrected chi connectivity index (χ1v) is 10.6. The molecule has 1 N–H and O–H groups in total. The number of guanidine groups is 1. The third-order valence-electron chi connectivity index (χ3n) is 5.88. The van der Waals surface area contributed by atoms with Gasteiger partial charge in [-0.05, 0) is 32.1 Å². The first-order valence-electron chi connectivity index (χ1n) is 10.6. The smallest absolute Gasteiger partial charge is 0.194 e. The number of rotatable bonds is 6. The van der Waals surface area contributed by atoms with Crippen molar-refractivity contribution in [2.24, 2.45) is 18.0 Å². The minimum absolute atomic E-state index is 0. The number of aryl methyl sites for hydroxylation is 2. The summed E-state index contributed by atoms with van der Waals surface area (Å²) >= 11 is 0. The van der Waals surface area contributed by atoms with Crippen LogP contribution in [0.1, 0.15) is 57.1 Å². The lowest BCUT2D eigenvalue weighted by Crippen LogP contribution is -2.49. The molecule has 162 valence electrons.